The lowest BCUT2D eigenvalue weighted by Gasteiger charge is -2.40. The number of likely N-dealkylation sites (N-methyl/N-ethyl adjacent to an activating group) is 1. The van der Waals surface area contributed by atoms with Crippen LogP contribution < -0.4 is 0 Å². The number of amides is 2. The summed E-state index contributed by atoms with van der Waals surface area (Å²) < 4.78 is 0. The normalized spacial score (nSPS) is 23.7. The molecule has 1 unspecified atom stereocenters. The molecule has 1 aromatic rings. The number of hydrogen-bond acceptors (Lipinski definition) is 3. The molecule has 3 aliphatic rings. The maximum absolute atomic E-state index is 12.9. The maximum atomic E-state index is 12.9. The predicted octanol–water partition coefficient (Wildman–Crippen LogP) is 2.87. The molecule has 0 N–H and O–H groups in total. The average molecular weight is 398 g/mol. The molecule has 5 heteroatoms. The van der Waals surface area contributed by atoms with Crippen LogP contribution in [-0.2, 0) is 22.4 Å². The third-order valence-corrected chi connectivity index (χ3v) is 7.18. The van der Waals surface area contributed by atoms with Gasteiger partial charge < -0.3 is 9.80 Å². The standard InChI is InChI=1S/C24H35N3O2/c1-25(23(28)12-15-26-13-6-2-3-11-24(26)29)21-10-7-14-27(18-21)22-16-19-8-4-5-9-20(19)17-22/h4-5,8-9,21-22H,2-3,6-7,10-18H2,1H3. The number of hydrogen-bond donors (Lipinski definition) is 0. The third kappa shape index (κ3) is 4.82. The van der Waals surface area contributed by atoms with E-state index in [1.807, 2.05) is 16.8 Å². The van der Waals surface area contributed by atoms with Gasteiger partial charge in [-0.15, -0.1) is 0 Å². The third-order valence-electron chi connectivity index (χ3n) is 7.18. The monoisotopic (exact) mass is 397 g/mol. The Bertz CT molecular complexity index is 710. The van der Waals surface area contributed by atoms with Gasteiger partial charge in [0.15, 0.2) is 0 Å². The Morgan fingerprint density at radius 3 is 2.59 bits per heavy atom. The van der Waals surface area contributed by atoms with Gasteiger partial charge in [-0.2, -0.15) is 0 Å². The molecule has 4 rings (SSSR count). The van der Waals surface area contributed by atoms with Crippen LogP contribution in [0.4, 0.5) is 0 Å². The molecule has 0 radical (unpaired) electrons. The van der Waals surface area contributed by atoms with E-state index < -0.39 is 0 Å². The van der Waals surface area contributed by atoms with Crippen molar-refractivity contribution >= 4 is 11.8 Å². The molecule has 2 saturated heterocycles. The highest BCUT2D eigenvalue weighted by atomic mass is 16.2. The van der Waals surface area contributed by atoms with Crippen molar-refractivity contribution in [1.29, 1.82) is 0 Å². The molecule has 2 fully saturated rings. The number of fused-ring (bicyclic) bond motifs is 1. The first-order valence-electron chi connectivity index (χ1n) is 11.5. The van der Waals surface area contributed by atoms with E-state index in [1.165, 1.54) is 11.1 Å². The molecule has 1 aliphatic carbocycles. The molecule has 0 bridgehead atoms. The summed E-state index contributed by atoms with van der Waals surface area (Å²) in [5, 5.41) is 0. The zero-order chi connectivity index (χ0) is 20.2. The summed E-state index contributed by atoms with van der Waals surface area (Å²) in [6.07, 6.45) is 8.79. The average Bonchev–Trinajstić information content (AvgIpc) is 3.08. The minimum atomic E-state index is 0.184. The summed E-state index contributed by atoms with van der Waals surface area (Å²) in [5.41, 5.74) is 2.98. The fourth-order valence-corrected chi connectivity index (χ4v) is 5.31. The molecule has 5 nitrogen and oxygen atoms in total. The molecule has 2 aliphatic heterocycles. The highest BCUT2D eigenvalue weighted by Crippen LogP contribution is 2.28. The van der Waals surface area contributed by atoms with Gasteiger partial charge in [-0.3, -0.25) is 14.5 Å². The van der Waals surface area contributed by atoms with Crippen molar-refractivity contribution in [2.75, 3.05) is 33.2 Å². The SMILES string of the molecule is CN(C(=O)CCN1CCCCCC1=O)C1CCCN(C2Cc3ccccc3C2)C1. The van der Waals surface area contributed by atoms with E-state index in [0.717, 1.165) is 64.6 Å². The van der Waals surface area contributed by atoms with E-state index in [-0.39, 0.29) is 11.8 Å². The minimum absolute atomic E-state index is 0.184. The number of carbonyl (C=O) groups excluding carboxylic acids is 2. The van der Waals surface area contributed by atoms with Crippen molar-refractivity contribution in [3.63, 3.8) is 0 Å². The lowest BCUT2D eigenvalue weighted by Crippen LogP contribution is -2.52. The van der Waals surface area contributed by atoms with Gasteiger partial charge in [-0.1, -0.05) is 30.7 Å². The van der Waals surface area contributed by atoms with Crippen LogP contribution in [0.3, 0.4) is 0 Å². The van der Waals surface area contributed by atoms with Gasteiger partial charge in [-0.25, -0.2) is 0 Å². The second-order valence-corrected chi connectivity index (χ2v) is 9.07. The van der Waals surface area contributed by atoms with Crippen LogP contribution in [0.1, 0.15) is 56.1 Å². The topological polar surface area (TPSA) is 43.9 Å². The highest BCUT2D eigenvalue weighted by Gasteiger charge is 2.32. The number of nitrogens with zero attached hydrogens (tertiary/aromatic N) is 3. The fraction of sp³-hybridized carbons (Fsp3) is 0.667. The van der Waals surface area contributed by atoms with Crippen molar-refractivity contribution in [2.45, 2.75) is 69.9 Å². The Kier molecular flexibility index (Phi) is 6.53. The van der Waals surface area contributed by atoms with Crippen LogP contribution in [0.25, 0.3) is 0 Å². The number of piperidine rings is 1. The first-order chi connectivity index (χ1) is 14.1. The van der Waals surface area contributed by atoms with E-state index in [9.17, 15) is 9.59 Å². The maximum Gasteiger partial charge on any atom is 0.224 e. The quantitative estimate of drug-likeness (QED) is 0.767. The lowest BCUT2D eigenvalue weighted by molar-refractivity contribution is -0.135. The minimum Gasteiger partial charge on any atom is -0.342 e. The Morgan fingerprint density at radius 2 is 1.83 bits per heavy atom. The van der Waals surface area contributed by atoms with E-state index >= 15 is 0 Å². The Morgan fingerprint density at radius 1 is 1.07 bits per heavy atom. The van der Waals surface area contributed by atoms with Crippen LogP contribution in [0, 0.1) is 0 Å². The number of carbonyl (C=O) groups is 2. The molecule has 158 valence electrons. The number of likely N-dealkylation sites (tertiary alicyclic amines) is 2. The summed E-state index contributed by atoms with van der Waals surface area (Å²) in [6, 6.07) is 9.67. The zero-order valence-corrected chi connectivity index (χ0v) is 17.8. The largest absolute Gasteiger partial charge is 0.342 e. The predicted molar refractivity (Wildman–Crippen MR) is 115 cm³/mol. The first kappa shape index (κ1) is 20.4. The molecule has 0 saturated carbocycles. The van der Waals surface area contributed by atoms with Crippen molar-refractivity contribution < 1.29 is 9.59 Å². The van der Waals surface area contributed by atoms with Gasteiger partial charge in [0.1, 0.15) is 0 Å². The molecule has 2 heterocycles. The summed E-state index contributed by atoms with van der Waals surface area (Å²) in [5.74, 6) is 0.409. The van der Waals surface area contributed by atoms with Crippen LogP contribution in [0.5, 0.6) is 0 Å². The Balaban J connectivity index is 1.28. The van der Waals surface area contributed by atoms with Gasteiger partial charge in [0.2, 0.25) is 11.8 Å². The lowest BCUT2D eigenvalue weighted by atomic mass is 10.0. The molecule has 29 heavy (non-hydrogen) atoms. The van der Waals surface area contributed by atoms with Crippen molar-refractivity contribution in [3.8, 4) is 0 Å². The molecule has 0 spiro atoms. The fourth-order valence-electron chi connectivity index (χ4n) is 5.31. The second kappa shape index (κ2) is 9.29. The van der Waals surface area contributed by atoms with Gasteiger partial charge in [0, 0.05) is 51.6 Å². The highest BCUT2D eigenvalue weighted by molar-refractivity contribution is 5.79. The van der Waals surface area contributed by atoms with E-state index in [2.05, 4.69) is 29.2 Å². The molecule has 1 atom stereocenters. The van der Waals surface area contributed by atoms with Crippen LogP contribution in [0.2, 0.25) is 0 Å². The van der Waals surface area contributed by atoms with Crippen molar-refractivity contribution in [3.05, 3.63) is 35.4 Å². The Hall–Kier alpha value is -1.88. The summed E-state index contributed by atoms with van der Waals surface area (Å²) in [4.78, 5) is 31.5. The van der Waals surface area contributed by atoms with Gasteiger partial charge in [0.05, 0.1) is 0 Å². The van der Waals surface area contributed by atoms with Crippen molar-refractivity contribution in [2.24, 2.45) is 0 Å². The second-order valence-electron chi connectivity index (χ2n) is 9.07. The van der Waals surface area contributed by atoms with E-state index in [4.69, 9.17) is 0 Å². The number of rotatable bonds is 5. The van der Waals surface area contributed by atoms with Gasteiger partial charge >= 0.3 is 0 Å². The van der Waals surface area contributed by atoms with Crippen molar-refractivity contribution in [1.82, 2.24) is 14.7 Å². The molecule has 0 aromatic heterocycles. The van der Waals surface area contributed by atoms with E-state index in [0.29, 0.717) is 31.5 Å². The summed E-state index contributed by atoms with van der Waals surface area (Å²) in [6.45, 7) is 3.51. The first-order valence-corrected chi connectivity index (χ1v) is 11.5. The van der Waals surface area contributed by atoms with Gasteiger partial charge in [0.25, 0.3) is 0 Å². The number of benzene rings is 1. The van der Waals surface area contributed by atoms with Crippen LogP contribution in [0.15, 0.2) is 24.3 Å². The molecular weight excluding hydrogens is 362 g/mol. The van der Waals surface area contributed by atoms with E-state index in [1.54, 1.807) is 0 Å². The Labute approximate surface area is 175 Å². The van der Waals surface area contributed by atoms with Crippen LogP contribution in [-0.4, -0.2) is 71.8 Å². The molecule has 2 amide bonds. The molecular formula is C24H35N3O2. The smallest absolute Gasteiger partial charge is 0.224 e. The van der Waals surface area contributed by atoms with Crippen LogP contribution >= 0.6 is 0 Å². The summed E-state index contributed by atoms with van der Waals surface area (Å²) >= 11 is 0. The summed E-state index contributed by atoms with van der Waals surface area (Å²) in [7, 11) is 1.96. The molecule has 1 aromatic carbocycles. The van der Waals surface area contributed by atoms with Gasteiger partial charge in [-0.05, 0) is 56.2 Å². The zero-order valence-electron chi connectivity index (χ0n) is 17.8.